The van der Waals surface area contributed by atoms with Crippen molar-refractivity contribution in [3.8, 4) is 16.9 Å². The minimum Gasteiger partial charge on any atom is -0.370 e. The molecule has 0 radical (unpaired) electrons. The number of hydrogen-bond acceptors (Lipinski definition) is 2. The van der Waals surface area contributed by atoms with Crippen LogP contribution in [0.2, 0.25) is 20.1 Å². The Morgan fingerprint density at radius 2 is 1.62 bits per heavy atom. The van der Waals surface area contributed by atoms with Gasteiger partial charge in [0.25, 0.3) is 0 Å². The van der Waals surface area contributed by atoms with Crippen molar-refractivity contribution in [2.24, 2.45) is 0 Å². The van der Waals surface area contributed by atoms with E-state index in [1.165, 1.54) is 0 Å². The molecule has 0 saturated heterocycles. The van der Waals surface area contributed by atoms with Gasteiger partial charge in [0.1, 0.15) is 5.82 Å². The molecule has 0 aliphatic carbocycles. The molecule has 1 aromatic heterocycles. The maximum absolute atomic E-state index is 6.47. The fourth-order valence-corrected chi connectivity index (χ4v) is 4.00. The molecule has 1 aliphatic rings. The molecule has 0 fully saturated rings. The minimum atomic E-state index is 0.467. The number of fused-ring (bicyclic) bond motifs is 1. The summed E-state index contributed by atoms with van der Waals surface area (Å²) in [5, 5.41) is 10.3. The van der Waals surface area contributed by atoms with Crippen LogP contribution in [0.5, 0.6) is 0 Å². The highest BCUT2D eigenvalue weighted by Gasteiger charge is 2.24. The molecular formula is C19H15Cl4N3. The lowest BCUT2D eigenvalue weighted by molar-refractivity contribution is 0.780. The molecule has 0 unspecified atom stereocenters. The number of anilines is 1. The molecule has 3 nitrogen and oxygen atoms in total. The van der Waals surface area contributed by atoms with Crippen molar-refractivity contribution in [2.75, 3.05) is 11.9 Å². The molecule has 0 spiro atoms. The van der Waals surface area contributed by atoms with Gasteiger partial charge in [0.05, 0.1) is 31.5 Å². The molecule has 1 aliphatic heterocycles. The zero-order chi connectivity index (χ0) is 18.3. The molecule has 26 heavy (non-hydrogen) atoms. The fourth-order valence-electron chi connectivity index (χ4n) is 3.24. The monoisotopic (exact) mass is 425 g/mol. The second-order valence-electron chi connectivity index (χ2n) is 6.15. The Morgan fingerprint density at radius 3 is 2.42 bits per heavy atom. The lowest BCUT2D eigenvalue weighted by atomic mass is 10.0. The number of benzene rings is 2. The summed E-state index contributed by atoms with van der Waals surface area (Å²) in [6.45, 7) is 0.875. The quantitative estimate of drug-likeness (QED) is 0.482. The summed E-state index contributed by atoms with van der Waals surface area (Å²) < 4.78 is 1.82. The number of rotatable bonds is 2. The van der Waals surface area contributed by atoms with Gasteiger partial charge in [-0.25, -0.2) is 4.68 Å². The third-order valence-corrected chi connectivity index (χ3v) is 6.12. The third-order valence-electron chi connectivity index (χ3n) is 4.50. The fraction of sp³-hybridized carbons (Fsp3) is 0.211. The standard InChI is InChI=1S/C19H15Cl4N3/c20-13-7-3-6-11(16(13)22)18-12-5-1-2-10-24-19(12)26(25-18)15-9-4-8-14(21)17(15)23/h3-4,6-9,24H,1-2,5,10H2. The second kappa shape index (κ2) is 7.32. The van der Waals surface area contributed by atoms with E-state index in [1.54, 1.807) is 12.1 Å². The summed E-state index contributed by atoms with van der Waals surface area (Å²) >= 11 is 25.4. The Labute approximate surface area is 171 Å². The van der Waals surface area contributed by atoms with Gasteiger partial charge in [-0.3, -0.25) is 0 Å². The number of hydrogen-bond donors (Lipinski definition) is 1. The highest BCUT2D eigenvalue weighted by molar-refractivity contribution is 6.44. The molecule has 2 aromatic carbocycles. The van der Waals surface area contributed by atoms with E-state index in [1.807, 2.05) is 28.9 Å². The van der Waals surface area contributed by atoms with E-state index < -0.39 is 0 Å². The average molecular weight is 427 g/mol. The predicted octanol–water partition coefficient (Wildman–Crippen LogP) is 6.90. The normalized spacial score (nSPS) is 13.8. The maximum atomic E-state index is 6.47. The van der Waals surface area contributed by atoms with Crippen molar-refractivity contribution in [3.63, 3.8) is 0 Å². The highest BCUT2D eigenvalue weighted by Crippen LogP contribution is 2.40. The highest BCUT2D eigenvalue weighted by atomic mass is 35.5. The van der Waals surface area contributed by atoms with E-state index in [0.717, 1.165) is 54.1 Å². The molecular weight excluding hydrogens is 412 g/mol. The molecule has 1 N–H and O–H groups in total. The largest absolute Gasteiger partial charge is 0.370 e. The predicted molar refractivity (Wildman–Crippen MR) is 110 cm³/mol. The van der Waals surface area contributed by atoms with Crippen LogP contribution in [0, 0.1) is 0 Å². The van der Waals surface area contributed by atoms with E-state index in [4.69, 9.17) is 51.5 Å². The van der Waals surface area contributed by atoms with E-state index in [0.29, 0.717) is 20.1 Å². The van der Waals surface area contributed by atoms with Crippen molar-refractivity contribution < 1.29 is 0 Å². The molecule has 7 heteroatoms. The minimum absolute atomic E-state index is 0.467. The van der Waals surface area contributed by atoms with Crippen LogP contribution in [0.3, 0.4) is 0 Å². The van der Waals surface area contributed by atoms with Crippen LogP contribution in [0.15, 0.2) is 36.4 Å². The lowest BCUT2D eigenvalue weighted by Crippen LogP contribution is -2.07. The Bertz CT molecular complexity index is 905. The van der Waals surface area contributed by atoms with Crippen molar-refractivity contribution >= 4 is 52.2 Å². The van der Waals surface area contributed by atoms with Gasteiger partial charge >= 0.3 is 0 Å². The average Bonchev–Trinajstić information content (AvgIpc) is 2.81. The lowest BCUT2D eigenvalue weighted by Gasteiger charge is -2.11. The van der Waals surface area contributed by atoms with Crippen molar-refractivity contribution in [2.45, 2.75) is 19.3 Å². The summed E-state index contributed by atoms with van der Waals surface area (Å²) in [6.07, 6.45) is 3.06. The molecule has 0 atom stereocenters. The maximum Gasteiger partial charge on any atom is 0.133 e. The van der Waals surface area contributed by atoms with Gasteiger partial charge in [0.2, 0.25) is 0 Å². The topological polar surface area (TPSA) is 29.9 Å². The van der Waals surface area contributed by atoms with Gasteiger partial charge < -0.3 is 5.32 Å². The zero-order valence-electron chi connectivity index (χ0n) is 13.7. The van der Waals surface area contributed by atoms with Crippen LogP contribution < -0.4 is 5.32 Å². The van der Waals surface area contributed by atoms with Gasteiger partial charge in [0.15, 0.2) is 0 Å². The van der Waals surface area contributed by atoms with E-state index in [2.05, 4.69) is 5.32 Å². The number of halogens is 4. The molecule has 2 heterocycles. The van der Waals surface area contributed by atoms with Crippen LogP contribution in [-0.2, 0) is 6.42 Å². The molecule has 0 bridgehead atoms. The van der Waals surface area contributed by atoms with Gasteiger partial charge in [-0.15, -0.1) is 0 Å². The smallest absolute Gasteiger partial charge is 0.133 e. The summed E-state index contributed by atoms with van der Waals surface area (Å²) in [4.78, 5) is 0. The Morgan fingerprint density at radius 1 is 0.885 bits per heavy atom. The summed E-state index contributed by atoms with van der Waals surface area (Å²) in [5.41, 5.74) is 3.48. The van der Waals surface area contributed by atoms with E-state index in [9.17, 15) is 0 Å². The Balaban J connectivity index is 1.98. The van der Waals surface area contributed by atoms with Crippen LogP contribution in [-0.4, -0.2) is 16.3 Å². The van der Waals surface area contributed by atoms with Gasteiger partial charge in [-0.2, -0.15) is 5.10 Å². The third kappa shape index (κ3) is 3.07. The Hall–Kier alpha value is -1.39. The van der Waals surface area contributed by atoms with Crippen LogP contribution in [0.1, 0.15) is 18.4 Å². The molecule has 0 saturated carbocycles. The van der Waals surface area contributed by atoms with Crippen molar-refractivity contribution in [1.82, 2.24) is 9.78 Å². The van der Waals surface area contributed by atoms with Gasteiger partial charge in [0, 0.05) is 17.7 Å². The second-order valence-corrected chi connectivity index (χ2v) is 7.72. The number of nitrogens with zero attached hydrogens (tertiary/aromatic N) is 2. The van der Waals surface area contributed by atoms with E-state index in [-0.39, 0.29) is 0 Å². The molecule has 134 valence electrons. The first-order chi connectivity index (χ1) is 12.6. The van der Waals surface area contributed by atoms with Crippen LogP contribution >= 0.6 is 46.4 Å². The van der Waals surface area contributed by atoms with Crippen molar-refractivity contribution in [3.05, 3.63) is 62.1 Å². The summed E-state index contributed by atoms with van der Waals surface area (Å²) in [7, 11) is 0. The first kappa shape index (κ1) is 18.0. The number of aromatic nitrogens is 2. The first-order valence-corrected chi connectivity index (χ1v) is 9.83. The van der Waals surface area contributed by atoms with Crippen molar-refractivity contribution in [1.29, 1.82) is 0 Å². The van der Waals surface area contributed by atoms with Gasteiger partial charge in [-0.05, 0) is 37.5 Å². The first-order valence-electron chi connectivity index (χ1n) is 8.32. The summed E-state index contributed by atoms with van der Waals surface area (Å²) in [5.74, 6) is 0.928. The molecule has 0 amide bonds. The Kier molecular flexibility index (Phi) is 5.07. The summed E-state index contributed by atoms with van der Waals surface area (Å²) in [6, 6.07) is 11.1. The van der Waals surface area contributed by atoms with Crippen LogP contribution in [0.25, 0.3) is 16.9 Å². The number of nitrogens with one attached hydrogen (secondary N) is 1. The van der Waals surface area contributed by atoms with Gasteiger partial charge in [-0.1, -0.05) is 64.6 Å². The molecule has 3 aromatic rings. The molecule has 4 rings (SSSR count). The van der Waals surface area contributed by atoms with Crippen LogP contribution in [0.4, 0.5) is 5.82 Å². The zero-order valence-corrected chi connectivity index (χ0v) is 16.7. The SMILES string of the molecule is Clc1cccc(-c2nn(-c3cccc(Cl)c3Cl)c3c2CCCCN3)c1Cl. The van der Waals surface area contributed by atoms with E-state index >= 15 is 0 Å².